The number of hydrogen-bond donors (Lipinski definition) is 1. The number of thioether (sulfide) groups is 1. The largest absolute Gasteiger partial charge is 0.464 e. The van der Waals surface area contributed by atoms with E-state index in [9.17, 15) is 14.4 Å². The smallest absolute Gasteiger partial charge is 0.370 e. The lowest BCUT2D eigenvalue weighted by atomic mass is 9.98. The standard InChI is InChI=1S/C17H30N2O7S/c1-17(2,3)15(21)25-12-26-16(22)27-11-13(18)14(20)24-8-4-5-19-6-9-23-10-7-19/h13H,4-12,18H2,1-3H3/t13-/m0/s1. The Balaban J connectivity index is 2.08. The van der Waals surface area contributed by atoms with Crippen LogP contribution in [0.1, 0.15) is 27.2 Å². The van der Waals surface area contributed by atoms with Crippen LogP contribution in [0.4, 0.5) is 4.79 Å². The van der Waals surface area contributed by atoms with E-state index in [-0.39, 0.29) is 12.4 Å². The van der Waals surface area contributed by atoms with Gasteiger partial charge in [-0.15, -0.1) is 0 Å². The first-order chi connectivity index (χ1) is 12.7. The monoisotopic (exact) mass is 406 g/mol. The molecule has 1 fully saturated rings. The minimum Gasteiger partial charge on any atom is -0.464 e. The highest BCUT2D eigenvalue weighted by Gasteiger charge is 2.23. The highest BCUT2D eigenvalue weighted by Crippen LogP contribution is 2.15. The van der Waals surface area contributed by atoms with E-state index in [1.165, 1.54) is 0 Å². The number of nitrogens with two attached hydrogens (primary N) is 1. The molecule has 0 unspecified atom stereocenters. The summed E-state index contributed by atoms with van der Waals surface area (Å²) in [5.41, 5.74) is 5.04. The number of rotatable bonds is 9. The minimum absolute atomic E-state index is 0.0222. The first kappa shape index (κ1) is 23.7. The van der Waals surface area contributed by atoms with Crippen molar-refractivity contribution in [3.63, 3.8) is 0 Å². The van der Waals surface area contributed by atoms with Gasteiger partial charge in [-0.3, -0.25) is 14.5 Å². The van der Waals surface area contributed by atoms with Crippen molar-refractivity contribution in [3.8, 4) is 0 Å². The van der Waals surface area contributed by atoms with Gasteiger partial charge >= 0.3 is 17.2 Å². The summed E-state index contributed by atoms with van der Waals surface area (Å²) in [4.78, 5) is 37.1. The van der Waals surface area contributed by atoms with Crippen LogP contribution in [-0.4, -0.2) is 80.2 Å². The quantitative estimate of drug-likeness (QED) is 0.337. The molecule has 10 heteroatoms. The van der Waals surface area contributed by atoms with Gasteiger partial charge in [-0.2, -0.15) is 0 Å². The summed E-state index contributed by atoms with van der Waals surface area (Å²) >= 11 is 0.734. The number of esters is 2. The third-order valence-electron chi connectivity index (χ3n) is 3.63. The molecular weight excluding hydrogens is 376 g/mol. The second-order valence-electron chi connectivity index (χ2n) is 7.09. The van der Waals surface area contributed by atoms with Crippen LogP contribution in [0.25, 0.3) is 0 Å². The molecular formula is C17H30N2O7S. The summed E-state index contributed by atoms with van der Waals surface area (Å²) in [5.74, 6) is -1.01. The van der Waals surface area contributed by atoms with Crippen LogP contribution in [0.5, 0.6) is 0 Å². The van der Waals surface area contributed by atoms with Gasteiger partial charge in [0.25, 0.3) is 0 Å². The van der Waals surface area contributed by atoms with Crippen LogP contribution < -0.4 is 5.73 Å². The summed E-state index contributed by atoms with van der Waals surface area (Å²) in [6.45, 7) is 8.95. The SMILES string of the molecule is CC(C)(C)C(=O)OCOC(=O)SC[C@H](N)C(=O)OCCCN1CCOCC1. The highest BCUT2D eigenvalue weighted by molar-refractivity contribution is 8.13. The molecule has 1 aliphatic heterocycles. The fraction of sp³-hybridized carbons (Fsp3) is 0.824. The van der Waals surface area contributed by atoms with E-state index in [0.29, 0.717) is 6.42 Å². The van der Waals surface area contributed by atoms with Crippen molar-refractivity contribution in [2.45, 2.75) is 33.2 Å². The van der Waals surface area contributed by atoms with Crippen LogP contribution in [0, 0.1) is 5.41 Å². The lowest BCUT2D eigenvalue weighted by molar-refractivity contribution is -0.160. The third kappa shape index (κ3) is 10.5. The Kier molecular flexibility index (Phi) is 10.7. The topological polar surface area (TPSA) is 117 Å². The Hall–Kier alpha value is -1.36. The highest BCUT2D eigenvalue weighted by atomic mass is 32.2. The maximum Gasteiger partial charge on any atom is 0.370 e. The molecule has 9 nitrogen and oxygen atoms in total. The first-order valence-electron chi connectivity index (χ1n) is 8.89. The summed E-state index contributed by atoms with van der Waals surface area (Å²) < 4.78 is 20.0. The number of hydrogen-bond acceptors (Lipinski definition) is 10. The average Bonchev–Trinajstić information content (AvgIpc) is 2.63. The summed E-state index contributed by atoms with van der Waals surface area (Å²) in [6, 6.07) is -0.928. The molecule has 0 saturated carbocycles. The van der Waals surface area contributed by atoms with E-state index in [4.69, 9.17) is 24.7 Å². The maximum absolute atomic E-state index is 11.8. The number of nitrogens with zero attached hydrogens (tertiary/aromatic N) is 1. The molecule has 156 valence electrons. The zero-order valence-corrected chi connectivity index (χ0v) is 17.0. The van der Waals surface area contributed by atoms with Gasteiger partial charge in [0.2, 0.25) is 6.79 Å². The number of carbonyl (C=O) groups excluding carboxylic acids is 3. The van der Waals surface area contributed by atoms with E-state index in [0.717, 1.165) is 44.6 Å². The van der Waals surface area contributed by atoms with Gasteiger partial charge in [-0.05, 0) is 39.0 Å². The Labute approximate surface area is 164 Å². The van der Waals surface area contributed by atoms with Crippen LogP contribution in [0.2, 0.25) is 0 Å². The van der Waals surface area contributed by atoms with Gasteiger partial charge in [-0.1, -0.05) is 0 Å². The molecule has 0 radical (unpaired) electrons. The van der Waals surface area contributed by atoms with Crippen molar-refractivity contribution in [1.29, 1.82) is 0 Å². The number of morpholine rings is 1. The zero-order chi connectivity index (χ0) is 20.3. The van der Waals surface area contributed by atoms with Crippen molar-refractivity contribution in [3.05, 3.63) is 0 Å². The fourth-order valence-electron chi connectivity index (χ4n) is 2.01. The van der Waals surface area contributed by atoms with Crippen molar-refractivity contribution in [1.82, 2.24) is 4.90 Å². The lowest BCUT2D eigenvalue weighted by Gasteiger charge is -2.26. The summed E-state index contributed by atoms with van der Waals surface area (Å²) in [5, 5.41) is -0.674. The molecule has 0 spiro atoms. The van der Waals surface area contributed by atoms with Gasteiger partial charge in [0.1, 0.15) is 6.04 Å². The Morgan fingerprint density at radius 2 is 1.81 bits per heavy atom. The van der Waals surface area contributed by atoms with Crippen molar-refractivity contribution in [2.75, 3.05) is 52.0 Å². The van der Waals surface area contributed by atoms with Crippen molar-refractivity contribution in [2.24, 2.45) is 11.1 Å². The van der Waals surface area contributed by atoms with Crippen LogP contribution >= 0.6 is 11.8 Å². The second kappa shape index (κ2) is 12.2. The molecule has 1 aliphatic rings. The first-order valence-corrected chi connectivity index (χ1v) is 9.88. The predicted octanol–water partition coefficient (Wildman–Crippen LogP) is 0.996. The van der Waals surface area contributed by atoms with Gasteiger partial charge in [0.05, 0.1) is 25.2 Å². The van der Waals surface area contributed by atoms with Gasteiger partial charge < -0.3 is 24.7 Å². The average molecular weight is 407 g/mol. The second-order valence-corrected chi connectivity index (χ2v) is 8.04. The van der Waals surface area contributed by atoms with E-state index in [1.54, 1.807) is 20.8 Å². The molecule has 0 amide bonds. The molecule has 0 bridgehead atoms. The third-order valence-corrected chi connectivity index (χ3v) is 4.51. The molecule has 1 rings (SSSR count). The van der Waals surface area contributed by atoms with E-state index in [1.807, 2.05) is 0 Å². The molecule has 0 aromatic rings. The Morgan fingerprint density at radius 1 is 1.15 bits per heavy atom. The van der Waals surface area contributed by atoms with Crippen molar-refractivity contribution < 1.29 is 33.3 Å². The predicted molar refractivity (Wildman–Crippen MR) is 100 cm³/mol. The molecule has 1 saturated heterocycles. The fourth-order valence-corrected chi connectivity index (χ4v) is 2.59. The summed E-state index contributed by atoms with van der Waals surface area (Å²) in [6.07, 6.45) is 0.715. The van der Waals surface area contributed by atoms with E-state index >= 15 is 0 Å². The Bertz CT molecular complexity index is 490. The van der Waals surface area contributed by atoms with Crippen LogP contribution in [0.3, 0.4) is 0 Å². The normalized spacial score (nSPS) is 16.4. The summed E-state index contributed by atoms with van der Waals surface area (Å²) in [7, 11) is 0. The number of carbonyl (C=O) groups is 3. The number of ether oxygens (including phenoxy) is 4. The molecule has 0 aliphatic carbocycles. The minimum atomic E-state index is -0.928. The van der Waals surface area contributed by atoms with Gasteiger partial charge in [-0.25, -0.2) is 4.79 Å². The Morgan fingerprint density at radius 3 is 2.44 bits per heavy atom. The van der Waals surface area contributed by atoms with Crippen LogP contribution in [-0.2, 0) is 28.5 Å². The maximum atomic E-state index is 11.8. The molecule has 1 heterocycles. The molecule has 0 aromatic carbocycles. The lowest BCUT2D eigenvalue weighted by Crippen LogP contribution is -2.38. The molecule has 0 aromatic heterocycles. The molecule has 1 atom stereocenters. The van der Waals surface area contributed by atoms with E-state index in [2.05, 4.69) is 4.90 Å². The van der Waals surface area contributed by atoms with E-state index < -0.39 is 35.5 Å². The molecule has 2 N–H and O–H groups in total. The molecule has 27 heavy (non-hydrogen) atoms. The zero-order valence-electron chi connectivity index (χ0n) is 16.2. The van der Waals surface area contributed by atoms with Crippen LogP contribution in [0.15, 0.2) is 0 Å². The van der Waals surface area contributed by atoms with Gasteiger partial charge in [0.15, 0.2) is 0 Å². The van der Waals surface area contributed by atoms with Crippen molar-refractivity contribution >= 4 is 29.0 Å². The van der Waals surface area contributed by atoms with Gasteiger partial charge in [0, 0.05) is 25.4 Å².